The van der Waals surface area contributed by atoms with Gasteiger partial charge >= 0.3 is 0 Å². The monoisotopic (exact) mass is 301 g/mol. The first-order valence-corrected chi connectivity index (χ1v) is 7.20. The van der Waals surface area contributed by atoms with Crippen LogP contribution in [-0.4, -0.2) is 26.3 Å². The van der Waals surface area contributed by atoms with Crippen LogP contribution in [0.4, 0.5) is 5.82 Å². The second kappa shape index (κ2) is 5.33. The number of anilines is 1. The van der Waals surface area contributed by atoms with Gasteiger partial charge in [0.2, 0.25) is 0 Å². The van der Waals surface area contributed by atoms with Gasteiger partial charge in [0.15, 0.2) is 5.65 Å². The van der Waals surface area contributed by atoms with Gasteiger partial charge in [-0.15, -0.1) is 0 Å². The standard InChI is InChI=1S/C15H16ClN5/c1-4-17-14-12-8-18-21(15(12)20-10(3)19-14)11-6-5-9(2)13(16)7-11/h5-8H,4H2,1-3H3,(H,17,19,20). The molecule has 0 fully saturated rings. The molecule has 0 saturated carbocycles. The minimum absolute atomic E-state index is 0.707. The highest BCUT2D eigenvalue weighted by molar-refractivity contribution is 6.31. The Kier molecular flexibility index (Phi) is 3.51. The van der Waals surface area contributed by atoms with Crippen molar-refractivity contribution in [2.75, 3.05) is 11.9 Å². The summed E-state index contributed by atoms with van der Waals surface area (Å²) in [6, 6.07) is 5.86. The number of aryl methyl sites for hydroxylation is 2. The van der Waals surface area contributed by atoms with E-state index >= 15 is 0 Å². The van der Waals surface area contributed by atoms with E-state index in [-0.39, 0.29) is 0 Å². The van der Waals surface area contributed by atoms with Crippen LogP contribution in [-0.2, 0) is 0 Å². The number of aromatic nitrogens is 4. The van der Waals surface area contributed by atoms with E-state index in [1.54, 1.807) is 10.9 Å². The van der Waals surface area contributed by atoms with E-state index in [2.05, 4.69) is 20.4 Å². The fraction of sp³-hybridized carbons (Fsp3) is 0.267. The van der Waals surface area contributed by atoms with Crippen LogP contribution in [0.2, 0.25) is 5.02 Å². The van der Waals surface area contributed by atoms with Crippen molar-refractivity contribution in [2.45, 2.75) is 20.8 Å². The first-order chi connectivity index (χ1) is 10.1. The third-order valence-electron chi connectivity index (χ3n) is 3.28. The Hall–Kier alpha value is -2.14. The molecule has 0 aliphatic rings. The van der Waals surface area contributed by atoms with Crippen molar-refractivity contribution in [3.8, 4) is 5.69 Å². The van der Waals surface area contributed by atoms with E-state index in [0.717, 1.165) is 34.6 Å². The molecule has 0 saturated heterocycles. The van der Waals surface area contributed by atoms with Crippen LogP contribution in [0.5, 0.6) is 0 Å². The van der Waals surface area contributed by atoms with Crippen molar-refractivity contribution >= 4 is 28.5 Å². The summed E-state index contributed by atoms with van der Waals surface area (Å²) in [7, 11) is 0. The van der Waals surface area contributed by atoms with Crippen molar-refractivity contribution < 1.29 is 0 Å². The molecule has 0 bridgehead atoms. The maximum Gasteiger partial charge on any atom is 0.168 e. The fourth-order valence-corrected chi connectivity index (χ4v) is 2.40. The summed E-state index contributed by atoms with van der Waals surface area (Å²) < 4.78 is 1.79. The maximum atomic E-state index is 6.21. The minimum atomic E-state index is 0.707. The van der Waals surface area contributed by atoms with Crippen molar-refractivity contribution in [1.82, 2.24) is 19.7 Å². The van der Waals surface area contributed by atoms with Crippen LogP contribution in [0.25, 0.3) is 16.7 Å². The Morgan fingerprint density at radius 1 is 1.24 bits per heavy atom. The Balaban J connectivity index is 2.21. The van der Waals surface area contributed by atoms with Gasteiger partial charge in [-0.2, -0.15) is 5.10 Å². The second-order valence-electron chi connectivity index (χ2n) is 4.88. The van der Waals surface area contributed by atoms with Gasteiger partial charge < -0.3 is 5.32 Å². The van der Waals surface area contributed by atoms with E-state index in [9.17, 15) is 0 Å². The van der Waals surface area contributed by atoms with Gasteiger partial charge in [-0.1, -0.05) is 17.7 Å². The third-order valence-corrected chi connectivity index (χ3v) is 3.69. The number of rotatable bonds is 3. The van der Waals surface area contributed by atoms with Gasteiger partial charge in [-0.25, -0.2) is 14.6 Å². The number of hydrogen-bond donors (Lipinski definition) is 1. The first kappa shape index (κ1) is 13.8. The van der Waals surface area contributed by atoms with Gasteiger partial charge in [0.1, 0.15) is 11.6 Å². The third kappa shape index (κ3) is 2.45. The molecule has 3 rings (SSSR count). The largest absolute Gasteiger partial charge is 0.370 e. The summed E-state index contributed by atoms with van der Waals surface area (Å²) >= 11 is 6.21. The molecule has 2 heterocycles. The Bertz CT molecular complexity index is 809. The molecule has 0 unspecified atom stereocenters. The number of nitrogens with one attached hydrogen (secondary N) is 1. The summed E-state index contributed by atoms with van der Waals surface area (Å²) in [5.74, 6) is 1.52. The molecular weight excluding hydrogens is 286 g/mol. The molecule has 5 nitrogen and oxygen atoms in total. The summed E-state index contributed by atoms with van der Waals surface area (Å²) in [6.07, 6.45) is 1.78. The van der Waals surface area contributed by atoms with Crippen LogP contribution >= 0.6 is 11.6 Å². The van der Waals surface area contributed by atoms with Crippen LogP contribution in [0.3, 0.4) is 0 Å². The highest BCUT2D eigenvalue weighted by Crippen LogP contribution is 2.25. The Morgan fingerprint density at radius 3 is 2.76 bits per heavy atom. The number of nitrogens with zero attached hydrogens (tertiary/aromatic N) is 4. The quantitative estimate of drug-likeness (QED) is 0.804. The van der Waals surface area contributed by atoms with Gasteiger partial charge in [0.05, 0.1) is 17.3 Å². The highest BCUT2D eigenvalue weighted by atomic mass is 35.5. The van der Waals surface area contributed by atoms with E-state index in [0.29, 0.717) is 10.8 Å². The predicted molar refractivity (Wildman–Crippen MR) is 85.3 cm³/mol. The lowest BCUT2D eigenvalue weighted by Gasteiger charge is -2.07. The van der Waals surface area contributed by atoms with Crippen LogP contribution in [0.15, 0.2) is 24.4 Å². The zero-order chi connectivity index (χ0) is 15.0. The zero-order valence-corrected chi connectivity index (χ0v) is 12.9. The van der Waals surface area contributed by atoms with Gasteiger partial charge in [0.25, 0.3) is 0 Å². The molecule has 2 aromatic heterocycles. The van der Waals surface area contributed by atoms with Gasteiger partial charge in [-0.05, 0) is 38.5 Å². The van der Waals surface area contributed by atoms with E-state index in [4.69, 9.17) is 11.6 Å². The van der Waals surface area contributed by atoms with E-state index in [1.807, 2.05) is 39.0 Å². The normalized spacial score (nSPS) is 11.0. The van der Waals surface area contributed by atoms with E-state index < -0.39 is 0 Å². The first-order valence-electron chi connectivity index (χ1n) is 6.83. The minimum Gasteiger partial charge on any atom is -0.370 e. The molecule has 6 heteroatoms. The maximum absolute atomic E-state index is 6.21. The van der Waals surface area contributed by atoms with Gasteiger partial charge in [-0.3, -0.25) is 0 Å². The van der Waals surface area contributed by atoms with Crippen molar-refractivity contribution in [1.29, 1.82) is 0 Å². The highest BCUT2D eigenvalue weighted by Gasteiger charge is 2.12. The van der Waals surface area contributed by atoms with Crippen molar-refractivity contribution in [3.63, 3.8) is 0 Å². The topological polar surface area (TPSA) is 55.6 Å². The molecule has 0 aliphatic heterocycles. The molecule has 108 valence electrons. The molecule has 0 amide bonds. The molecule has 3 aromatic rings. The zero-order valence-electron chi connectivity index (χ0n) is 12.2. The Labute approximate surface area is 128 Å². The number of halogens is 1. The van der Waals surface area contributed by atoms with E-state index in [1.165, 1.54) is 0 Å². The van der Waals surface area contributed by atoms with Crippen LogP contribution in [0, 0.1) is 13.8 Å². The van der Waals surface area contributed by atoms with Crippen LogP contribution < -0.4 is 5.32 Å². The summed E-state index contributed by atoms with van der Waals surface area (Å²) in [6.45, 7) is 6.68. The number of benzene rings is 1. The SMILES string of the molecule is CCNc1nc(C)nc2c1cnn2-c1ccc(C)c(Cl)c1. The van der Waals surface area contributed by atoms with Gasteiger partial charge in [0, 0.05) is 11.6 Å². The molecule has 0 spiro atoms. The second-order valence-corrected chi connectivity index (χ2v) is 5.28. The molecule has 1 aromatic carbocycles. The smallest absolute Gasteiger partial charge is 0.168 e. The fourth-order valence-electron chi connectivity index (χ4n) is 2.22. The van der Waals surface area contributed by atoms with Crippen molar-refractivity contribution in [3.05, 3.63) is 40.8 Å². The molecule has 21 heavy (non-hydrogen) atoms. The lowest BCUT2D eigenvalue weighted by atomic mass is 10.2. The molecule has 0 aliphatic carbocycles. The Morgan fingerprint density at radius 2 is 2.05 bits per heavy atom. The molecule has 0 radical (unpaired) electrons. The average Bonchev–Trinajstić information content (AvgIpc) is 2.86. The van der Waals surface area contributed by atoms with Crippen LogP contribution in [0.1, 0.15) is 18.3 Å². The number of hydrogen-bond acceptors (Lipinski definition) is 4. The van der Waals surface area contributed by atoms with Crippen molar-refractivity contribution in [2.24, 2.45) is 0 Å². The lowest BCUT2D eigenvalue weighted by Crippen LogP contribution is -2.04. The summed E-state index contributed by atoms with van der Waals surface area (Å²) in [4.78, 5) is 8.94. The average molecular weight is 302 g/mol. The lowest BCUT2D eigenvalue weighted by molar-refractivity contribution is 0.889. The molecule has 0 atom stereocenters. The predicted octanol–water partition coefficient (Wildman–Crippen LogP) is 3.52. The molecule has 1 N–H and O–H groups in total. The molecular formula is C15H16ClN5. The number of fused-ring (bicyclic) bond motifs is 1. The summed E-state index contributed by atoms with van der Waals surface area (Å²) in [5.41, 5.74) is 2.70. The summed E-state index contributed by atoms with van der Waals surface area (Å²) in [5, 5.41) is 9.30.